The van der Waals surface area contributed by atoms with Gasteiger partial charge in [-0.25, -0.2) is 4.98 Å². The van der Waals surface area contributed by atoms with Gasteiger partial charge in [0.05, 0.1) is 34.4 Å². The summed E-state index contributed by atoms with van der Waals surface area (Å²) in [5.41, 5.74) is 3.12. The molecule has 0 saturated carbocycles. The summed E-state index contributed by atoms with van der Waals surface area (Å²) < 4.78 is 5.07. The highest BCUT2D eigenvalue weighted by Crippen LogP contribution is 2.29. The monoisotopic (exact) mass is 391 g/mol. The zero-order valence-corrected chi connectivity index (χ0v) is 16.6. The number of ether oxygens (including phenoxy) is 1. The summed E-state index contributed by atoms with van der Waals surface area (Å²) in [5, 5.41) is 9.97. The Labute approximate surface area is 169 Å². The average molecular weight is 391 g/mol. The summed E-state index contributed by atoms with van der Waals surface area (Å²) in [5.74, 6) is 1.22. The second kappa shape index (κ2) is 8.58. The normalized spacial score (nSPS) is 19.0. The Bertz CT molecular complexity index is 1050. The van der Waals surface area contributed by atoms with E-state index in [2.05, 4.69) is 16.0 Å². The number of rotatable bonds is 1. The van der Waals surface area contributed by atoms with Crippen LogP contribution in [0.1, 0.15) is 49.9 Å². The van der Waals surface area contributed by atoms with Gasteiger partial charge in [0.1, 0.15) is 5.82 Å². The number of likely N-dealkylation sites (tertiary alicyclic amines) is 1. The molecule has 1 unspecified atom stereocenters. The fourth-order valence-electron chi connectivity index (χ4n) is 3.90. The van der Waals surface area contributed by atoms with Crippen molar-refractivity contribution in [3.8, 4) is 6.07 Å². The van der Waals surface area contributed by atoms with E-state index in [1.807, 2.05) is 17.0 Å². The second-order valence-electron chi connectivity index (χ2n) is 7.61. The van der Waals surface area contributed by atoms with Crippen LogP contribution in [0.4, 0.5) is 0 Å². The lowest BCUT2D eigenvalue weighted by molar-refractivity contribution is -0.127. The Balaban J connectivity index is 0.000000294. The van der Waals surface area contributed by atoms with Gasteiger partial charge < -0.3 is 14.6 Å². The van der Waals surface area contributed by atoms with Gasteiger partial charge in [0.15, 0.2) is 0 Å². The summed E-state index contributed by atoms with van der Waals surface area (Å²) >= 11 is 0. The van der Waals surface area contributed by atoms with Crippen molar-refractivity contribution in [1.29, 1.82) is 5.26 Å². The van der Waals surface area contributed by atoms with Gasteiger partial charge in [0.2, 0.25) is 5.91 Å². The van der Waals surface area contributed by atoms with Crippen LogP contribution in [0.15, 0.2) is 24.4 Å². The van der Waals surface area contributed by atoms with Gasteiger partial charge in [0, 0.05) is 44.5 Å². The van der Waals surface area contributed by atoms with Crippen LogP contribution in [0, 0.1) is 11.3 Å². The van der Waals surface area contributed by atoms with Crippen LogP contribution in [0.25, 0.3) is 21.9 Å². The number of nitriles is 1. The van der Waals surface area contributed by atoms with Gasteiger partial charge in [-0.1, -0.05) is 0 Å². The van der Waals surface area contributed by atoms with Crippen LogP contribution < -0.4 is 0 Å². The zero-order valence-electron chi connectivity index (χ0n) is 16.6. The summed E-state index contributed by atoms with van der Waals surface area (Å²) in [6, 6.07) is 7.58. The van der Waals surface area contributed by atoms with Gasteiger partial charge in [-0.15, -0.1) is 0 Å². The molecule has 7 heteroatoms. The fourth-order valence-corrected chi connectivity index (χ4v) is 3.90. The highest BCUT2D eigenvalue weighted by molar-refractivity contribution is 6.02. The van der Waals surface area contributed by atoms with E-state index in [-0.39, 0.29) is 11.8 Å². The quantitative estimate of drug-likeness (QED) is 0.685. The van der Waals surface area contributed by atoms with Crippen LogP contribution in [0.3, 0.4) is 0 Å². The molecular weight excluding hydrogens is 366 g/mol. The minimum absolute atomic E-state index is 0.106. The summed E-state index contributed by atoms with van der Waals surface area (Å²) in [4.78, 5) is 25.8. The van der Waals surface area contributed by atoms with E-state index in [4.69, 9.17) is 15.0 Å². The van der Waals surface area contributed by atoms with Crippen molar-refractivity contribution < 1.29 is 9.53 Å². The lowest BCUT2D eigenvalue weighted by Crippen LogP contribution is -2.25. The number of carbonyl (C=O) groups is 1. The van der Waals surface area contributed by atoms with Crippen molar-refractivity contribution in [3.05, 3.63) is 35.8 Å². The van der Waals surface area contributed by atoms with E-state index in [0.29, 0.717) is 12.1 Å². The first-order chi connectivity index (χ1) is 14.2. The molecule has 150 valence electrons. The van der Waals surface area contributed by atoms with Crippen LogP contribution in [0.5, 0.6) is 0 Å². The molecule has 1 atom stereocenters. The first-order valence-electron chi connectivity index (χ1n) is 10.2. The van der Waals surface area contributed by atoms with Gasteiger partial charge in [0.25, 0.3) is 0 Å². The van der Waals surface area contributed by atoms with Gasteiger partial charge >= 0.3 is 0 Å². The van der Waals surface area contributed by atoms with Crippen LogP contribution in [-0.2, 0) is 9.53 Å². The molecule has 29 heavy (non-hydrogen) atoms. The third kappa shape index (κ3) is 4.22. The number of hydrogen-bond donors (Lipinski definition) is 1. The molecule has 0 radical (unpaired) electrons. The number of fused-ring (bicyclic) bond motifs is 3. The van der Waals surface area contributed by atoms with Crippen molar-refractivity contribution in [2.45, 2.75) is 38.5 Å². The lowest BCUT2D eigenvalue weighted by Gasteiger charge is -2.12. The number of nitrogens with zero attached hydrogens (tertiary/aromatic N) is 4. The Kier molecular flexibility index (Phi) is 5.72. The van der Waals surface area contributed by atoms with E-state index >= 15 is 0 Å². The van der Waals surface area contributed by atoms with Crippen molar-refractivity contribution in [3.63, 3.8) is 0 Å². The molecular formula is C22H25N5O2. The highest BCUT2D eigenvalue weighted by atomic mass is 16.5. The standard InChI is InChI=1S/C17H15N5O.C5H10O/c1-10(23)22-5-4-12(9-22)17-20-15-8-19-14-3-2-11(7-18)6-13(14)16(15)21-17;1-2-4-6-5-3-1/h2-3,6,8,12H,4-5,9H2,1H3,(H,20,21);1-5H2. The first-order valence-corrected chi connectivity index (χ1v) is 10.2. The molecule has 1 aromatic carbocycles. The third-order valence-corrected chi connectivity index (χ3v) is 5.56. The molecule has 0 bridgehead atoms. The van der Waals surface area contributed by atoms with Gasteiger partial charge in [-0.3, -0.25) is 9.78 Å². The number of nitrogens with one attached hydrogen (secondary N) is 1. The van der Waals surface area contributed by atoms with Crippen LogP contribution >= 0.6 is 0 Å². The Morgan fingerprint density at radius 3 is 2.76 bits per heavy atom. The number of aromatic amines is 1. The minimum atomic E-state index is 0.106. The molecule has 2 saturated heterocycles. The predicted molar refractivity (Wildman–Crippen MR) is 110 cm³/mol. The zero-order chi connectivity index (χ0) is 20.2. The molecule has 2 aliphatic rings. The van der Waals surface area contributed by atoms with Crippen LogP contribution in [-0.4, -0.2) is 52.1 Å². The molecule has 0 aliphatic carbocycles. The van der Waals surface area contributed by atoms with E-state index in [9.17, 15) is 4.79 Å². The molecule has 0 spiro atoms. The fraction of sp³-hybridized carbons (Fsp3) is 0.455. The van der Waals surface area contributed by atoms with Crippen molar-refractivity contribution in [2.75, 3.05) is 26.3 Å². The second-order valence-corrected chi connectivity index (χ2v) is 7.61. The maximum atomic E-state index is 11.5. The Morgan fingerprint density at radius 1 is 1.31 bits per heavy atom. The Hall–Kier alpha value is -2.98. The number of carbonyl (C=O) groups excluding carboxylic acids is 1. The third-order valence-electron chi connectivity index (χ3n) is 5.56. The molecule has 1 N–H and O–H groups in total. The molecule has 7 nitrogen and oxygen atoms in total. The van der Waals surface area contributed by atoms with Crippen molar-refractivity contribution >= 4 is 27.8 Å². The van der Waals surface area contributed by atoms with Crippen molar-refractivity contribution in [2.24, 2.45) is 0 Å². The molecule has 2 aliphatic heterocycles. The number of pyridine rings is 1. The largest absolute Gasteiger partial charge is 0.381 e. The smallest absolute Gasteiger partial charge is 0.219 e. The molecule has 2 aromatic heterocycles. The lowest BCUT2D eigenvalue weighted by atomic mass is 10.1. The maximum absolute atomic E-state index is 11.5. The van der Waals surface area contributed by atoms with Gasteiger partial charge in [-0.05, 0) is 43.9 Å². The minimum Gasteiger partial charge on any atom is -0.381 e. The predicted octanol–water partition coefficient (Wildman–Crippen LogP) is 3.51. The molecule has 4 heterocycles. The number of H-pyrrole nitrogens is 1. The Morgan fingerprint density at radius 2 is 2.14 bits per heavy atom. The molecule has 5 rings (SSSR count). The van der Waals surface area contributed by atoms with E-state index in [1.54, 1.807) is 19.2 Å². The first kappa shape index (κ1) is 19.3. The molecule has 1 amide bonds. The highest BCUT2D eigenvalue weighted by Gasteiger charge is 2.27. The summed E-state index contributed by atoms with van der Waals surface area (Å²) in [7, 11) is 0. The number of amides is 1. The SMILES string of the molecule is C1CCOCC1.CC(=O)N1CCC(c2nc3c(cnc4ccc(C#N)cc43)[nH]2)C1. The number of benzene rings is 1. The van der Waals surface area contributed by atoms with E-state index in [0.717, 1.165) is 53.9 Å². The number of hydrogen-bond acceptors (Lipinski definition) is 5. The van der Waals surface area contributed by atoms with Crippen molar-refractivity contribution in [1.82, 2.24) is 19.9 Å². The average Bonchev–Trinajstić information content (AvgIpc) is 3.42. The molecule has 2 fully saturated rings. The number of aromatic nitrogens is 3. The van der Waals surface area contributed by atoms with Crippen LogP contribution in [0.2, 0.25) is 0 Å². The summed E-state index contributed by atoms with van der Waals surface area (Å²) in [6.45, 7) is 5.07. The van der Waals surface area contributed by atoms with E-state index < -0.39 is 0 Å². The van der Waals surface area contributed by atoms with Gasteiger partial charge in [-0.2, -0.15) is 5.26 Å². The molecule has 3 aromatic rings. The summed E-state index contributed by atoms with van der Waals surface area (Å²) in [6.07, 6.45) is 6.62. The van der Waals surface area contributed by atoms with E-state index in [1.165, 1.54) is 19.3 Å². The number of imidazole rings is 1. The topological polar surface area (TPSA) is 94.9 Å². The maximum Gasteiger partial charge on any atom is 0.219 e.